The van der Waals surface area contributed by atoms with Gasteiger partial charge >= 0.3 is 12.2 Å². The first-order chi connectivity index (χ1) is 26.9. The molecule has 2 saturated heterocycles. The number of benzene rings is 1. The second-order valence-corrected chi connectivity index (χ2v) is 15.4. The van der Waals surface area contributed by atoms with Crippen molar-refractivity contribution in [1.82, 2.24) is 45.4 Å². The summed E-state index contributed by atoms with van der Waals surface area (Å²) in [5, 5.41) is 8.51. The van der Waals surface area contributed by atoms with Crippen LogP contribution >= 0.6 is 11.3 Å². The number of hydrogen-bond donors (Lipinski definition) is 5. The first-order valence-corrected chi connectivity index (χ1v) is 19.5. The van der Waals surface area contributed by atoms with Gasteiger partial charge in [-0.1, -0.05) is 52.0 Å². The van der Waals surface area contributed by atoms with Crippen LogP contribution in [0.3, 0.4) is 0 Å². The van der Waals surface area contributed by atoms with Crippen LogP contribution in [0.5, 0.6) is 0 Å². The number of nitrogens with one attached hydrogen (secondary N) is 5. The van der Waals surface area contributed by atoms with Gasteiger partial charge in [-0.25, -0.2) is 24.5 Å². The Morgan fingerprint density at radius 2 is 1.30 bits per heavy atom. The van der Waals surface area contributed by atoms with Crippen LogP contribution in [0, 0.1) is 11.8 Å². The van der Waals surface area contributed by atoms with Crippen molar-refractivity contribution in [3.05, 3.63) is 64.3 Å². The van der Waals surface area contributed by atoms with E-state index in [4.69, 9.17) is 9.47 Å². The summed E-state index contributed by atoms with van der Waals surface area (Å²) in [6, 6.07) is 5.12. The lowest BCUT2D eigenvalue weighted by Crippen LogP contribution is -2.51. The molecule has 4 unspecified atom stereocenters. The molecule has 0 bridgehead atoms. The lowest BCUT2D eigenvalue weighted by atomic mass is 10.0. The molecule has 0 radical (unpaired) electrons. The van der Waals surface area contributed by atoms with Crippen molar-refractivity contribution in [1.29, 1.82) is 0 Å². The normalized spacial score (nSPS) is 17.9. The highest BCUT2D eigenvalue weighted by Crippen LogP contribution is 2.35. The Morgan fingerprint density at radius 1 is 0.768 bits per heavy atom. The van der Waals surface area contributed by atoms with Crippen LogP contribution in [0.1, 0.15) is 92.3 Å². The Bertz CT molecular complexity index is 2040. The molecule has 4 aromatic rings. The molecule has 3 aromatic heterocycles. The van der Waals surface area contributed by atoms with Gasteiger partial charge in [-0.15, -0.1) is 11.3 Å². The van der Waals surface area contributed by atoms with Gasteiger partial charge in [-0.05, 0) is 43.1 Å². The number of amides is 4. The summed E-state index contributed by atoms with van der Waals surface area (Å²) < 4.78 is 9.47. The number of nitrogens with zero attached hydrogens (tertiary/aromatic N) is 5. The van der Waals surface area contributed by atoms with Crippen LogP contribution in [0.25, 0.3) is 11.3 Å². The summed E-state index contributed by atoms with van der Waals surface area (Å²) in [4.78, 5) is 88.7. The molecule has 4 amide bonds. The molecule has 4 atom stereocenters. The van der Waals surface area contributed by atoms with Crippen molar-refractivity contribution in [3.8, 4) is 11.3 Å². The zero-order chi connectivity index (χ0) is 40.1. The fourth-order valence-electron chi connectivity index (χ4n) is 7.16. The highest BCUT2D eigenvalue weighted by atomic mass is 32.1. The number of likely N-dealkylation sites (tertiary alicyclic amines) is 2. The van der Waals surface area contributed by atoms with Gasteiger partial charge in [0.15, 0.2) is 5.82 Å². The number of methoxy groups -OCH3 is 2. The van der Waals surface area contributed by atoms with Gasteiger partial charge in [0, 0.05) is 18.7 Å². The number of carbonyl (C=O) groups excluding carboxylic acids is 5. The minimum atomic E-state index is -0.743. The Balaban J connectivity index is 1.11. The van der Waals surface area contributed by atoms with Crippen LogP contribution in [0.4, 0.5) is 21.2 Å². The van der Waals surface area contributed by atoms with Gasteiger partial charge in [-0.3, -0.25) is 14.4 Å². The summed E-state index contributed by atoms with van der Waals surface area (Å²) in [5.41, 5.74) is 3.62. The van der Waals surface area contributed by atoms with Crippen LogP contribution in [-0.4, -0.2) is 104 Å². The molecule has 0 spiro atoms. The van der Waals surface area contributed by atoms with Gasteiger partial charge in [0.2, 0.25) is 17.6 Å². The maximum absolute atomic E-state index is 13.7. The van der Waals surface area contributed by atoms with Crippen molar-refractivity contribution in [2.45, 2.75) is 77.5 Å². The number of rotatable bonds is 13. The maximum atomic E-state index is 13.7. The van der Waals surface area contributed by atoms with Crippen molar-refractivity contribution in [2.24, 2.45) is 11.8 Å². The highest BCUT2D eigenvalue weighted by molar-refractivity contribution is 7.12. The molecule has 2 aliphatic heterocycles. The van der Waals surface area contributed by atoms with Crippen molar-refractivity contribution in [2.75, 3.05) is 32.6 Å². The van der Waals surface area contributed by atoms with E-state index >= 15 is 0 Å². The summed E-state index contributed by atoms with van der Waals surface area (Å²) in [5.74, 6) is 1.23. The average molecular weight is 789 g/mol. The van der Waals surface area contributed by atoms with Gasteiger partial charge < -0.3 is 45.2 Å². The maximum Gasteiger partial charge on any atom is 0.407 e. The molecule has 17 nitrogen and oxygen atoms in total. The van der Waals surface area contributed by atoms with E-state index in [-0.39, 0.29) is 41.5 Å². The van der Waals surface area contributed by atoms with Gasteiger partial charge in [0.05, 0.1) is 49.9 Å². The predicted molar refractivity (Wildman–Crippen MR) is 207 cm³/mol. The Labute approximate surface area is 328 Å². The van der Waals surface area contributed by atoms with Crippen LogP contribution in [-0.2, 0) is 19.1 Å². The van der Waals surface area contributed by atoms with E-state index < -0.39 is 24.3 Å². The molecule has 298 valence electrons. The largest absolute Gasteiger partial charge is 0.453 e. The number of hydrogen-bond acceptors (Lipinski definition) is 12. The first kappa shape index (κ1) is 39.9. The van der Waals surface area contributed by atoms with E-state index in [0.29, 0.717) is 53.2 Å². The van der Waals surface area contributed by atoms with E-state index in [1.165, 1.54) is 25.6 Å². The fourth-order valence-corrected chi connectivity index (χ4v) is 7.87. The number of ether oxygens (including phenoxy) is 2. The second-order valence-electron chi connectivity index (χ2n) is 14.5. The topological polar surface area (TPSA) is 217 Å². The molecule has 18 heteroatoms. The van der Waals surface area contributed by atoms with E-state index in [0.717, 1.165) is 30.5 Å². The Kier molecular flexibility index (Phi) is 12.4. The molecule has 5 N–H and O–H groups in total. The number of imidazole rings is 2. The van der Waals surface area contributed by atoms with Crippen LogP contribution in [0.15, 0.2) is 42.2 Å². The number of ketones is 1. The van der Waals surface area contributed by atoms with E-state index in [9.17, 15) is 24.0 Å². The summed E-state index contributed by atoms with van der Waals surface area (Å²) in [6.45, 7) is 8.56. The molecule has 5 heterocycles. The SMILES string of the molecule is COC(=O)NC(C(=O)N1CCCC1c1ncc(Nc2ncsc2C(=O)c2ccc(-c3cnc(C4CCCN4C(=O)C(NC(=O)OC)C(C)C)[nH]3)cc2)[nH]1)C(C)C. The third kappa shape index (κ3) is 8.54. The molecule has 6 rings (SSSR count). The molecule has 56 heavy (non-hydrogen) atoms. The fraction of sp³-hybridized carbons (Fsp3) is 0.474. The Hall–Kier alpha value is -5.78. The number of H-pyrrole nitrogens is 2. The second kappa shape index (κ2) is 17.3. The van der Waals surface area contributed by atoms with Crippen LogP contribution in [0.2, 0.25) is 0 Å². The molecule has 2 fully saturated rings. The van der Waals surface area contributed by atoms with Crippen molar-refractivity contribution >= 4 is 52.8 Å². The zero-order valence-corrected chi connectivity index (χ0v) is 33.1. The number of anilines is 2. The molecular weight excluding hydrogens is 741 g/mol. The monoisotopic (exact) mass is 788 g/mol. The lowest BCUT2D eigenvalue weighted by molar-refractivity contribution is -0.136. The van der Waals surface area contributed by atoms with Crippen LogP contribution < -0.4 is 16.0 Å². The summed E-state index contributed by atoms with van der Waals surface area (Å²) in [7, 11) is 2.53. The van der Waals surface area contributed by atoms with Crippen molar-refractivity contribution < 1.29 is 33.4 Å². The number of thiazole rings is 1. The minimum absolute atomic E-state index is 0.138. The summed E-state index contributed by atoms with van der Waals surface area (Å²) >= 11 is 1.22. The van der Waals surface area contributed by atoms with E-state index in [1.807, 2.05) is 39.8 Å². The van der Waals surface area contributed by atoms with Gasteiger partial charge in [0.25, 0.3) is 0 Å². The average Bonchev–Trinajstić information content (AvgIpc) is 4.04. The molecule has 1 aromatic carbocycles. The van der Waals surface area contributed by atoms with Gasteiger partial charge in [0.1, 0.15) is 34.4 Å². The standard InChI is InChI=1S/C38H48N10O7S/c1-20(2)28(45-37(52)54-5)35(50)47-15-7-9-25(47)32-39-17-24(42-32)22-11-13-23(14-12-22)30(49)31-34(41-19-56-31)44-27-18-40-33(43-27)26-10-8-16-48(26)36(51)29(21(3)4)46-38(53)55-6/h11-14,17-21,25-26,28-29,44H,7-10,15-16H2,1-6H3,(H,39,42)(H,40,43)(H,45,52)(H,46,53). The lowest BCUT2D eigenvalue weighted by Gasteiger charge is -2.30. The third-order valence-electron chi connectivity index (χ3n) is 10.2. The Morgan fingerprint density at radius 3 is 1.84 bits per heavy atom. The number of carbonyl (C=O) groups is 5. The highest BCUT2D eigenvalue weighted by Gasteiger charge is 2.39. The summed E-state index contributed by atoms with van der Waals surface area (Å²) in [6.07, 6.45) is 5.02. The molecule has 2 aliphatic rings. The zero-order valence-electron chi connectivity index (χ0n) is 32.3. The van der Waals surface area contributed by atoms with Gasteiger partial charge in [-0.2, -0.15) is 0 Å². The van der Waals surface area contributed by atoms with E-state index in [1.54, 1.807) is 39.8 Å². The first-order valence-electron chi connectivity index (χ1n) is 18.7. The smallest absolute Gasteiger partial charge is 0.407 e. The quantitative estimate of drug-likeness (QED) is 0.109. The molecular formula is C38H48N10O7S. The van der Waals surface area contributed by atoms with E-state index in [2.05, 4.69) is 40.9 Å². The number of aromatic nitrogens is 5. The number of aromatic amines is 2. The third-order valence-corrected chi connectivity index (χ3v) is 11.0. The molecule has 0 aliphatic carbocycles. The minimum Gasteiger partial charge on any atom is -0.453 e. The number of alkyl carbamates (subject to hydrolysis) is 2. The predicted octanol–water partition coefficient (Wildman–Crippen LogP) is 5.32. The molecule has 0 saturated carbocycles. The van der Waals surface area contributed by atoms with Crippen molar-refractivity contribution in [3.63, 3.8) is 0 Å².